The van der Waals surface area contributed by atoms with E-state index in [4.69, 9.17) is 4.74 Å². The summed E-state index contributed by atoms with van der Waals surface area (Å²) in [5.74, 6) is -2.15. The maximum atomic E-state index is 15.1. The third kappa shape index (κ3) is 5.23. The Bertz CT molecular complexity index is 1320. The van der Waals surface area contributed by atoms with E-state index in [1.165, 1.54) is 6.92 Å². The van der Waals surface area contributed by atoms with Crippen molar-refractivity contribution in [1.29, 1.82) is 0 Å². The van der Waals surface area contributed by atoms with Gasteiger partial charge in [0.25, 0.3) is 0 Å². The summed E-state index contributed by atoms with van der Waals surface area (Å²) in [5, 5.41) is 0. The highest BCUT2D eigenvalue weighted by Crippen LogP contribution is 2.66. The number of benzene rings is 1. The lowest BCUT2D eigenvalue weighted by Gasteiger charge is -2.59. The maximum Gasteiger partial charge on any atom is 0.307 e. The fourth-order valence-electron chi connectivity index (χ4n) is 6.44. The molecule has 0 amide bonds. The Kier molecular flexibility index (Phi) is 9.08. The number of fused-ring (bicyclic) bond motifs is 2. The monoisotopic (exact) mass is 544 g/mol. The van der Waals surface area contributed by atoms with Crippen molar-refractivity contribution in [2.24, 2.45) is 22.2 Å². The van der Waals surface area contributed by atoms with Crippen molar-refractivity contribution in [3.63, 3.8) is 0 Å². The normalized spacial score (nSPS) is 25.2. The van der Waals surface area contributed by atoms with Gasteiger partial charge in [-0.2, -0.15) is 0 Å². The van der Waals surface area contributed by atoms with Crippen LogP contribution in [-0.4, -0.2) is 23.3 Å². The zero-order valence-corrected chi connectivity index (χ0v) is 25.6. The molecule has 2 aliphatic carbocycles. The fourth-order valence-corrected chi connectivity index (χ4v) is 6.44. The lowest BCUT2D eigenvalue weighted by Crippen LogP contribution is -2.69. The van der Waals surface area contributed by atoms with Crippen LogP contribution in [0.5, 0.6) is 0 Å². The highest BCUT2D eigenvalue weighted by Gasteiger charge is 2.75. The SMILES string of the molecule is CC(=O)OC1=C(CC=C(C)C)C(=O)[C@@]2(C(=O)c3ccccc3)C(=O)[C@]1(CC=C(C)C)C[C@H](CC=C(C)C)C2(C)C. The Hall–Kier alpha value is -3.34. The zero-order valence-electron chi connectivity index (χ0n) is 25.6. The minimum atomic E-state index is -1.96. The number of hydrogen-bond acceptors (Lipinski definition) is 5. The van der Waals surface area contributed by atoms with Crippen molar-refractivity contribution < 1.29 is 23.9 Å². The van der Waals surface area contributed by atoms with Crippen molar-refractivity contribution in [3.8, 4) is 0 Å². The van der Waals surface area contributed by atoms with Crippen LogP contribution in [0.25, 0.3) is 0 Å². The summed E-state index contributed by atoms with van der Waals surface area (Å²) in [6, 6.07) is 8.65. The minimum Gasteiger partial charge on any atom is -0.430 e. The minimum absolute atomic E-state index is 0.124. The summed E-state index contributed by atoms with van der Waals surface area (Å²) in [7, 11) is 0. The van der Waals surface area contributed by atoms with Crippen LogP contribution in [0.3, 0.4) is 0 Å². The van der Waals surface area contributed by atoms with E-state index in [9.17, 15) is 14.4 Å². The molecule has 1 fully saturated rings. The first kappa shape index (κ1) is 31.2. The predicted molar refractivity (Wildman–Crippen MR) is 158 cm³/mol. The molecule has 214 valence electrons. The van der Waals surface area contributed by atoms with E-state index >= 15 is 4.79 Å². The molecule has 0 N–H and O–H groups in total. The van der Waals surface area contributed by atoms with Gasteiger partial charge in [-0.25, -0.2) is 0 Å². The number of hydrogen-bond donors (Lipinski definition) is 0. The number of rotatable bonds is 9. The van der Waals surface area contributed by atoms with Crippen LogP contribution in [0.4, 0.5) is 0 Å². The number of carbonyl (C=O) groups is 4. The summed E-state index contributed by atoms with van der Waals surface area (Å²) in [4.78, 5) is 57.3. The molecule has 5 heteroatoms. The molecule has 1 aromatic rings. The van der Waals surface area contributed by atoms with E-state index in [0.29, 0.717) is 18.4 Å². The molecule has 2 aliphatic rings. The van der Waals surface area contributed by atoms with Gasteiger partial charge in [-0.15, -0.1) is 0 Å². The van der Waals surface area contributed by atoms with E-state index in [-0.39, 0.29) is 30.1 Å². The van der Waals surface area contributed by atoms with Gasteiger partial charge >= 0.3 is 5.97 Å². The van der Waals surface area contributed by atoms with Crippen LogP contribution in [0.15, 0.2) is 76.6 Å². The Morgan fingerprint density at radius 1 is 0.875 bits per heavy atom. The lowest BCUT2D eigenvalue weighted by atomic mass is 9.39. The molecular weight excluding hydrogens is 500 g/mol. The fraction of sp³-hybridized carbons (Fsp3) is 0.486. The molecule has 0 heterocycles. The van der Waals surface area contributed by atoms with Crippen LogP contribution in [0.2, 0.25) is 0 Å². The summed E-state index contributed by atoms with van der Waals surface area (Å²) < 4.78 is 5.88. The number of allylic oxidation sites excluding steroid dienone is 8. The van der Waals surface area contributed by atoms with Gasteiger partial charge in [0.1, 0.15) is 5.76 Å². The lowest BCUT2D eigenvalue weighted by molar-refractivity contribution is -0.167. The average Bonchev–Trinajstić information content (AvgIpc) is 2.86. The van der Waals surface area contributed by atoms with Gasteiger partial charge in [0, 0.05) is 18.1 Å². The molecular formula is C35H44O5. The third-order valence-electron chi connectivity index (χ3n) is 8.69. The molecule has 0 aliphatic heterocycles. The highest BCUT2D eigenvalue weighted by molar-refractivity contribution is 6.36. The molecule has 1 aromatic carbocycles. The number of Topliss-reactive ketones (excluding diaryl/α,β-unsaturated/α-hetero) is 3. The molecule has 1 saturated carbocycles. The standard InChI is InChI=1S/C35H44O5/c1-22(2)15-17-27-21-34(20-19-24(5)6)31(40-25(7)36)28(18-16-23(3)4)30(38)35(32(34)39,33(27,8)9)29(37)26-13-11-10-12-14-26/h10-16,19,27H,17-18,20-21H2,1-9H3/t27-,34+,35-/m0/s1. The topological polar surface area (TPSA) is 77.5 Å². The first-order valence-electron chi connectivity index (χ1n) is 14.1. The van der Waals surface area contributed by atoms with Gasteiger partial charge in [-0.3, -0.25) is 19.2 Å². The Morgan fingerprint density at radius 2 is 1.45 bits per heavy atom. The number of carbonyl (C=O) groups excluding carboxylic acids is 4. The number of ketones is 3. The van der Waals surface area contributed by atoms with Crippen molar-refractivity contribution in [2.45, 2.75) is 88.0 Å². The second-order valence-corrected chi connectivity index (χ2v) is 12.7. The van der Waals surface area contributed by atoms with Gasteiger partial charge in [0.2, 0.25) is 0 Å². The molecule has 0 saturated heterocycles. The molecule has 5 nitrogen and oxygen atoms in total. The van der Waals surface area contributed by atoms with E-state index in [0.717, 1.165) is 16.7 Å². The maximum absolute atomic E-state index is 15.1. The van der Waals surface area contributed by atoms with Gasteiger partial charge in [0.05, 0.1) is 5.41 Å². The molecule has 0 radical (unpaired) electrons. The van der Waals surface area contributed by atoms with E-state index in [1.54, 1.807) is 30.3 Å². The summed E-state index contributed by atoms with van der Waals surface area (Å²) in [6.07, 6.45) is 7.34. The summed E-state index contributed by atoms with van der Waals surface area (Å²) in [6.45, 7) is 16.9. The van der Waals surface area contributed by atoms with Crippen LogP contribution in [0, 0.1) is 22.2 Å². The first-order chi connectivity index (χ1) is 18.6. The molecule has 3 atom stereocenters. The average molecular weight is 545 g/mol. The first-order valence-corrected chi connectivity index (χ1v) is 14.1. The molecule has 40 heavy (non-hydrogen) atoms. The third-order valence-corrected chi connectivity index (χ3v) is 8.69. The quantitative estimate of drug-likeness (QED) is 0.137. The Balaban J connectivity index is 2.54. The van der Waals surface area contributed by atoms with Crippen molar-refractivity contribution in [1.82, 2.24) is 0 Å². The zero-order chi connectivity index (χ0) is 30.0. The molecule has 0 spiro atoms. The summed E-state index contributed by atoms with van der Waals surface area (Å²) >= 11 is 0. The largest absolute Gasteiger partial charge is 0.430 e. The number of esters is 1. The van der Waals surface area contributed by atoms with Crippen molar-refractivity contribution >= 4 is 23.3 Å². The van der Waals surface area contributed by atoms with Crippen LogP contribution >= 0.6 is 0 Å². The second-order valence-electron chi connectivity index (χ2n) is 12.7. The molecule has 0 unspecified atom stereocenters. The Morgan fingerprint density at radius 3 is 1.98 bits per heavy atom. The smallest absolute Gasteiger partial charge is 0.307 e. The van der Waals surface area contributed by atoms with Crippen LogP contribution in [0.1, 0.15) is 98.4 Å². The highest BCUT2D eigenvalue weighted by atomic mass is 16.5. The van der Waals surface area contributed by atoms with Crippen LogP contribution in [-0.2, 0) is 19.1 Å². The van der Waals surface area contributed by atoms with E-state index in [1.807, 2.05) is 67.5 Å². The second kappa shape index (κ2) is 11.6. The van der Waals surface area contributed by atoms with Crippen molar-refractivity contribution in [2.75, 3.05) is 0 Å². The Labute approximate surface area is 239 Å². The van der Waals surface area contributed by atoms with E-state index in [2.05, 4.69) is 6.08 Å². The molecule has 3 rings (SSSR count). The van der Waals surface area contributed by atoms with Gasteiger partial charge in [-0.1, -0.05) is 79.1 Å². The van der Waals surface area contributed by atoms with Crippen LogP contribution < -0.4 is 0 Å². The van der Waals surface area contributed by atoms with Gasteiger partial charge in [0.15, 0.2) is 22.8 Å². The van der Waals surface area contributed by atoms with E-state index < -0.39 is 39.6 Å². The molecule has 2 bridgehead atoms. The van der Waals surface area contributed by atoms with Gasteiger partial charge < -0.3 is 4.74 Å². The van der Waals surface area contributed by atoms with Gasteiger partial charge in [-0.05, 0) is 78.6 Å². The number of ether oxygens (including phenoxy) is 1. The summed E-state index contributed by atoms with van der Waals surface area (Å²) in [5.41, 5.74) is -0.633. The van der Waals surface area contributed by atoms with Crippen molar-refractivity contribution in [3.05, 3.63) is 82.2 Å². The predicted octanol–water partition coefficient (Wildman–Crippen LogP) is 7.93. The molecule has 0 aromatic heterocycles.